The minimum Gasteiger partial charge on any atom is -0.423 e. The Labute approximate surface area is 77.3 Å². The van der Waals surface area contributed by atoms with Gasteiger partial charge in [-0.25, -0.2) is 0 Å². The van der Waals surface area contributed by atoms with Gasteiger partial charge < -0.3 is 14.8 Å². The maximum Gasteiger partial charge on any atom is 0.490 e. The van der Waals surface area contributed by atoms with Crippen molar-refractivity contribution in [3.05, 3.63) is 24.0 Å². The molecule has 13 heavy (non-hydrogen) atoms. The highest BCUT2D eigenvalue weighted by atomic mass is 16.5. The van der Waals surface area contributed by atoms with Crippen LogP contribution in [0.5, 0.6) is 0 Å². The number of hydrogen-bond acceptors (Lipinski definition) is 4. The molecule has 0 spiro atoms. The molecule has 1 heterocycles. The predicted octanol–water partition coefficient (Wildman–Crippen LogP) is -0.702. The zero-order valence-corrected chi connectivity index (χ0v) is 7.47. The molecule has 0 fully saturated rings. The molecule has 0 saturated heterocycles. The average molecular weight is 181 g/mol. The lowest BCUT2D eigenvalue weighted by Gasteiger charge is -2.03. The van der Waals surface area contributed by atoms with Crippen molar-refractivity contribution in [1.29, 1.82) is 0 Å². The van der Waals surface area contributed by atoms with E-state index in [-0.39, 0.29) is 0 Å². The third-order valence-corrected chi connectivity index (χ3v) is 1.59. The second kappa shape index (κ2) is 4.96. The fourth-order valence-electron chi connectivity index (χ4n) is 0.948. The molecule has 2 N–H and O–H groups in total. The number of aromatic nitrogens is 1. The van der Waals surface area contributed by atoms with Crippen LogP contribution in [-0.4, -0.2) is 28.8 Å². The van der Waals surface area contributed by atoms with Gasteiger partial charge in [0, 0.05) is 24.5 Å². The van der Waals surface area contributed by atoms with Crippen molar-refractivity contribution in [2.24, 2.45) is 0 Å². The highest BCUT2D eigenvalue weighted by Gasteiger charge is 2.11. The van der Waals surface area contributed by atoms with Crippen molar-refractivity contribution in [3.63, 3.8) is 0 Å². The van der Waals surface area contributed by atoms with Crippen LogP contribution in [-0.2, 0) is 11.3 Å². The van der Waals surface area contributed by atoms with Gasteiger partial charge in [-0.05, 0) is 12.5 Å². The number of hydrogen-bond donors (Lipinski definition) is 2. The molecule has 4 nitrogen and oxygen atoms in total. The van der Waals surface area contributed by atoms with Gasteiger partial charge in [0.1, 0.15) is 0 Å². The fraction of sp³-hybridized carbons (Fsp3) is 0.375. The molecule has 0 atom stereocenters. The molecule has 5 heteroatoms. The first-order valence-corrected chi connectivity index (χ1v) is 4.11. The molecule has 1 aromatic heterocycles. The molecule has 70 valence electrons. The Kier molecular flexibility index (Phi) is 3.88. The molecule has 0 bridgehead atoms. The van der Waals surface area contributed by atoms with Gasteiger partial charge in [0.05, 0.1) is 6.61 Å². The maximum absolute atomic E-state index is 8.85. The van der Waals surface area contributed by atoms with Gasteiger partial charge in [-0.1, -0.05) is 6.07 Å². The summed E-state index contributed by atoms with van der Waals surface area (Å²) in [6.07, 6.45) is 3.06. The van der Waals surface area contributed by atoms with Gasteiger partial charge in [0.15, 0.2) is 0 Å². The minimum absolute atomic E-state index is 0.386. The molecule has 1 aromatic rings. The Morgan fingerprint density at radius 3 is 2.85 bits per heavy atom. The third kappa shape index (κ3) is 3.14. The number of nitrogens with zero attached hydrogens (tertiary/aromatic N) is 1. The molecule has 0 aliphatic heterocycles. The molecular formula is C8H12BNO3. The predicted molar refractivity (Wildman–Crippen MR) is 49.4 cm³/mol. The first kappa shape index (κ1) is 10.2. The van der Waals surface area contributed by atoms with E-state index in [9.17, 15) is 0 Å². The van der Waals surface area contributed by atoms with Crippen LogP contribution in [0.1, 0.15) is 12.5 Å². The normalized spacial score (nSPS) is 10.1. The quantitative estimate of drug-likeness (QED) is 0.602. The van der Waals surface area contributed by atoms with Crippen molar-refractivity contribution in [2.45, 2.75) is 13.5 Å². The van der Waals surface area contributed by atoms with E-state index >= 15 is 0 Å². The Hall–Kier alpha value is -0.905. The summed E-state index contributed by atoms with van der Waals surface area (Å²) in [5.41, 5.74) is 1.23. The Morgan fingerprint density at radius 1 is 1.46 bits per heavy atom. The summed E-state index contributed by atoms with van der Waals surface area (Å²) in [6, 6.07) is 1.66. The smallest absolute Gasteiger partial charge is 0.423 e. The van der Waals surface area contributed by atoms with Crippen molar-refractivity contribution in [2.75, 3.05) is 6.61 Å². The molecule has 1 rings (SSSR count). The van der Waals surface area contributed by atoms with Crippen LogP contribution < -0.4 is 5.46 Å². The van der Waals surface area contributed by atoms with Gasteiger partial charge in [0.2, 0.25) is 0 Å². The summed E-state index contributed by atoms with van der Waals surface area (Å²) in [4.78, 5) is 3.86. The summed E-state index contributed by atoms with van der Waals surface area (Å²) in [7, 11) is -1.46. The van der Waals surface area contributed by atoms with E-state index in [1.165, 1.54) is 6.20 Å². The number of ether oxygens (including phenoxy) is 1. The largest absolute Gasteiger partial charge is 0.490 e. The van der Waals surface area contributed by atoms with Crippen LogP contribution in [0.3, 0.4) is 0 Å². The van der Waals surface area contributed by atoms with E-state index in [2.05, 4.69) is 4.98 Å². The zero-order valence-electron chi connectivity index (χ0n) is 7.47. The van der Waals surface area contributed by atoms with E-state index in [4.69, 9.17) is 14.8 Å². The molecule has 0 unspecified atom stereocenters. The van der Waals surface area contributed by atoms with Gasteiger partial charge in [-0.15, -0.1) is 0 Å². The first-order valence-electron chi connectivity index (χ1n) is 4.11. The lowest BCUT2D eigenvalue weighted by atomic mass is 9.81. The van der Waals surface area contributed by atoms with E-state index < -0.39 is 7.12 Å². The van der Waals surface area contributed by atoms with Crippen molar-refractivity contribution in [1.82, 2.24) is 4.98 Å². The summed E-state index contributed by atoms with van der Waals surface area (Å²) in [5, 5.41) is 17.7. The molecule has 0 aliphatic rings. The van der Waals surface area contributed by atoms with Crippen LogP contribution in [0.2, 0.25) is 0 Å². The standard InChI is InChI=1S/C8H12BNO3/c1-2-13-6-7-3-8(9(11)12)5-10-4-7/h3-5,11-12H,2,6H2,1H3. The van der Waals surface area contributed by atoms with Crippen molar-refractivity contribution in [3.8, 4) is 0 Å². The lowest BCUT2D eigenvalue weighted by molar-refractivity contribution is 0.134. The van der Waals surface area contributed by atoms with Crippen LogP contribution in [0.4, 0.5) is 0 Å². The highest BCUT2D eigenvalue weighted by Crippen LogP contribution is 1.96. The van der Waals surface area contributed by atoms with E-state index in [0.717, 1.165) is 5.56 Å². The number of pyridine rings is 1. The van der Waals surface area contributed by atoms with E-state index in [1.807, 2.05) is 6.92 Å². The molecule has 0 aromatic carbocycles. The second-order valence-corrected chi connectivity index (χ2v) is 2.64. The lowest BCUT2D eigenvalue weighted by Crippen LogP contribution is -2.30. The summed E-state index contributed by atoms with van der Waals surface area (Å²) < 4.78 is 5.15. The van der Waals surface area contributed by atoms with Gasteiger partial charge in [-0.3, -0.25) is 4.98 Å². The average Bonchev–Trinajstić information content (AvgIpc) is 2.15. The molecule has 0 aliphatic carbocycles. The third-order valence-electron chi connectivity index (χ3n) is 1.59. The minimum atomic E-state index is -1.46. The molecular weight excluding hydrogens is 169 g/mol. The van der Waals surface area contributed by atoms with Crippen LogP contribution >= 0.6 is 0 Å². The number of rotatable bonds is 4. The first-order chi connectivity index (χ1) is 6.24. The summed E-state index contributed by atoms with van der Waals surface area (Å²) >= 11 is 0. The van der Waals surface area contributed by atoms with Crippen LogP contribution in [0.15, 0.2) is 18.5 Å². The van der Waals surface area contributed by atoms with Gasteiger partial charge >= 0.3 is 7.12 Å². The van der Waals surface area contributed by atoms with Gasteiger partial charge in [0.25, 0.3) is 0 Å². The summed E-state index contributed by atoms with van der Waals surface area (Å²) in [6.45, 7) is 2.98. The van der Waals surface area contributed by atoms with Gasteiger partial charge in [-0.2, -0.15) is 0 Å². The summed E-state index contributed by atoms with van der Waals surface area (Å²) in [5.74, 6) is 0. The molecule has 0 saturated carbocycles. The van der Waals surface area contributed by atoms with E-state index in [0.29, 0.717) is 18.7 Å². The highest BCUT2D eigenvalue weighted by molar-refractivity contribution is 6.58. The monoisotopic (exact) mass is 181 g/mol. The Bertz CT molecular complexity index is 267. The van der Waals surface area contributed by atoms with E-state index in [1.54, 1.807) is 12.3 Å². The second-order valence-electron chi connectivity index (χ2n) is 2.64. The molecule has 0 radical (unpaired) electrons. The van der Waals surface area contributed by atoms with Crippen LogP contribution in [0.25, 0.3) is 0 Å². The van der Waals surface area contributed by atoms with Crippen LogP contribution in [0, 0.1) is 0 Å². The molecule has 0 amide bonds. The van der Waals surface area contributed by atoms with Crippen molar-refractivity contribution >= 4 is 12.6 Å². The Morgan fingerprint density at radius 2 is 2.23 bits per heavy atom. The SMILES string of the molecule is CCOCc1cncc(B(O)O)c1. The topological polar surface area (TPSA) is 62.6 Å². The zero-order chi connectivity index (χ0) is 9.68. The fourth-order valence-corrected chi connectivity index (χ4v) is 0.948. The maximum atomic E-state index is 8.85. The Balaban J connectivity index is 2.68. The van der Waals surface area contributed by atoms with Crippen molar-refractivity contribution < 1.29 is 14.8 Å².